The van der Waals surface area contributed by atoms with Gasteiger partial charge in [0.15, 0.2) is 0 Å². The highest BCUT2D eigenvalue weighted by Gasteiger charge is 2.06. The Labute approximate surface area is 101 Å². The summed E-state index contributed by atoms with van der Waals surface area (Å²) in [6.07, 6.45) is 0.649. The first kappa shape index (κ1) is 13.4. The van der Waals surface area contributed by atoms with Crippen LogP contribution in [0.3, 0.4) is 0 Å². The molecule has 0 spiro atoms. The van der Waals surface area contributed by atoms with Crippen molar-refractivity contribution >= 4 is 21.6 Å². The fourth-order valence-electron chi connectivity index (χ4n) is 1.19. The van der Waals surface area contributed by atoms with Gasteiger partial charge in [-0.2, -0.15) is 0 Å². The SMILES string of the molecule is CCS(=O)(=O)CCCSc1cccc(O)c1. The van der Waals surface area contributed by atoms with E-state index in [1.54, 1.807) is 36.9 Å². The first-order valence-electron chi connectivity index (χ1n) is 5.16. The van der Waals surface area contributed by atoms with Crippen molar-refractivity contribution in [2.75, 3.05) is 17.3 Å². The van der Waals surface area contributed by atoms with Crippen LogP contribution in [0.2, 0.25) is 0 Å². The third kappa shape index (κ3) is 4.90. The summed E-state index contributed by atoms with van der Waals surface area (Å²) >= 11 is 1.56. The third-order valence-electron chi connectivity index (χ3n) is 2.13. The van der Waals surface area contributed by atoms with Crippen molar-refractivity contribution in [2.24, 2.45) is 0 Å². The lowest BCUT2D eigenvalue weighted by atomic mass is 10.3. The Morgan fingerprint density at radius 1 is 1.38 bits per heavy atom. The van der Waals surface area contributed by atoms with Gasteiger partial charge in [-0.25, -0.2) is 8.42 Å². The summed E-state index contributed by atoms with van der Waals surface area (Å²) in [5.41, 5.74) is 0. The van der Waals surface area contributed by atoms with Crippen LogP contribution in [-0.4, -0.2) is 30.8 Å². The van der Waals surface area contributed by atoms with Gasteiger partial charge in [0.05, 0.1) is 5.75 Å². The minimum Gasteiger partial charge on any atom is -0.508 e. The molecule has 0 aliphatic rings. The number of hydrogen-bond donors (Lipinski definition) is 1. The van der Waals surface area contributed by atoms with Crippen molar-refractivity contribution in [3.05, 3.63) is 24.3 Å². The predicted molar refractivity (Wildman–Crippen MR) is 67.8 cm³/mol. The van der Waals surface area contributed by atoms with E-state index < -0.39 is 9.84 Å². The van der Waals surface area contributed by atoms with Crippen LogP contribution in [-0.2, 0) is 9.84 Å². The van der Waals surface area contributed by atoms with Gasteiger partial charge in [0.2, 0.25) is 0 Å². The topological polar surface area (TPSA) is 54.4 Å². The first-order chi connectivity index (χ1) is 7.53. The van der Waals surface area contributed by atoms with Crippen LogP contribution in [0.4, 0.5) is 0 Å². The van der Waals surface area contributed by atoms with E-state index in [2.05, 4.69) is 0 Å². The molecule has 1 aromatic carbocycles. The zero-order valence-corrected chi connectivity index (χ0v) is 10.9. The molecule has 0 bridgehead atoms. The van der Waals surface area contributed by atoms with E-state index in [9.17, 15) is 13.5 Å². The summed E-state index contributed by atoms with van der Waals surface area (Å²) < 4.78 is 22.4. The number of phenolic OH excluding ortho intramolecular Hbond substituents is 1. The van der Waals surface area contributed by atoms with E-state index in [4.69, 9.17) is 0 Å². The fraction of sp³-hybridized carbons (Fsp3) is 0.455. The van der Waals surface area contributed by atoms with Crippen molar-refractivity contribution in [3.8, 4) is 5.75 Å². The number of benzene rings is 1. The van der Waals surface area contributed by atoms with Gasteiger partial charge in [0.1, 0.15) is 15.6 Å². The Morgan fingerprint density at radius 3 is 2.75 bits per heavy atom. The summed E-state index contributed by atoms with van der Waals surface area (Å²) in [6, 6.07) is 6.98. The Morgan fingerprint density at radius 2 is 2.12 bits per heavy atom. The van der Waals surface area contributed by atoms with Crippen molar-refractivity contribution in [1.29, 1.82) is 0 Å². The second kappa shape index (κ2) is 6.15. The second-order valence-electron chi connectivity index (χ2n) is 3.44. The lowest BCUT2D eigenvalue weighted by Crippen LogP contribution is -2.09. The molecule has 0 saturated heterocycles. The van der Waals surface area contributed by atoms with Gasteiger partial charge in [-0.15, -0.1) is 11.8 Å². The van der Waals surface area contributed by atoms with Gasteiger partial charge in [-0.05, 0) is 30.4 Å². The molecular weight excluding hydrogens is 244 g/mol. The molecule has 0 aromatic heterocycles. The van der Waals surface area contributed by atoms with Crippen molar-refractivity contribution in [1.82, 2.24) is 0 Å². The van der Waals surface area contributed by atoms with E-state index >= 15 is 0 Å². The van der Waals surface area contributed by atoms with Gasteiger partial charge in [-0.1, -0.05) is 13.0 Å². The molecule has 0 unspecified atom stereocenters. The second-order valence-corrected chi connectivity index (χ2v) is 7.08. The number of phenols is 1. The number of sulfone groups is 1. The van der Waals surface area contributed by atoms with Gasteiger partial charge in [0.25, 0.3) is 0 Å². The maximum Gasteiger partial charge on any atom is 0.150 e. The van der Waals surface area contributed by atoms with Gasteiger partial charge in [-0.3, -0.25) is 0 Å². The molecule has 90 valence electrons. The van der Waals surface area contributed by atoms with Crippen molar-refractivity contribution in [3.63, 3.8) is 0 Å². The van der Waals surface area contributed by atoms with Crippen molar-refractivity contribution in [2.45, 2.75) is 18.2 Å². The molecule has 1 aromatic rings. The molecule has 3 nitrogen and oxygen atoms in total. The molecule has 0 radical (unpaired) electrons. The summed E-state index contributed by atoms with van der Waals surface area (Å²) in [5.74, 6) is 1.45. The maximum atomic E-state index is 11.2. The highest BCUT2D eigenvalue weighted by Crippen LogP contribution is 2.22. The Balaban J connectivity index is 2.32. The Kier molecular flexibility index (Phi) is 5.15. The quantitative estimate of drug-likeness (QED) is 0.630. The highest BCUT2D eigenvalue weighted by atomic mass is 32.2. The standard InChI is InChI=1S/C11H16O3S2/c1-2-16(13,14)8-4-7-15-11-6-3-5-10(12)9-11/h3,5-6,9,12H,2,4,7-8H2,1H3. The summed E-state index contributed by atoms with van der Waals surface area (Å²) in [7, 11) is -2.84. The summed E-state index contributed by atoms with van der Waals surface area (Å²) in [4.78, 5) is 0.967. The Bertz CT molecular complexity index is 427. The van der Waals surface area contributed by atoms with Crippen LogP contribution in [0, 0.1) is 0 Å². The molecule has 0 amide bonds. The summed E-state index contributed by atoms with van der Waals surface area (Å²) in [6.45, 7) is 1.66. The van der Waals surface area contributed by atoms with Crippen LogP contribution in [0.15, 0.2) is 29.2 Å². The molecule has 0 atom stereocenters. The molecule has 0 fully saturated rings. The highest BCUT2D eigenvalue weighted by molar-refractivity contribution is 7.99. The molecule has 0 aliphatic heterocycles. The Hall–Kier alpha value is -0.680. The minimum absolute atomic E-state index is 0.212. The normalized spacial score (nSPS) is 11.6. The molecule has 0 aliphatic carbocycles. The van der Waals surface area contributed by atoms with E-state index in [1.807, 2.05) is 6.07 Å². The third-order valence-corrected chi connectivity index (χ3v) is 5.00. The minimum atomic E-state index is -2.84. The summed E-state index contributed by atoms with van der Waals surface area (Å²) in [5, 5.41) is 9.23. The molecule has 0 heterocycles. The van der Waals surface area contributed by atoms with E-state index in [-0.39, 0.29) is 17.3 Å². The van der Waals surface area contributed by atoms with E-state index in [0.29, 0.717) is 6.42 Å². The van der Waals surface area contributed by atoms with Crippen LogP contribution in [0.5, 0.6) is 5.75 Å². The average molecular weight is 260 g/mol. The van der Waals surface area contributed by atoms with Crippen LogP contribution < -0.4 is 0 Å². The number of hydrogen-bond acceptors (Lipinski definition) is 4. The fourth-order valence-corrected chi connectivity index (χ4v) is 3.15. The largest absolute Gasteiger partial charge is 0.508 e. The molecule has 5 heteroatoms. The first-order valence-corrected chi connectivity index (χ1v) is 7.96. The smallest absolute Gasteiger partial charge is 0.150 e. The number of rotatable bonds is 6. The van der Waals surface area contributed by atoms with E-state index in [1.165, 1.54) is 0 Å². The molecule has 1 rings (SSSR count). The molecular formula is C11H16O3S2. The van der Waals surface area contributed by atoms with Gasteiger partial charge < -0.3 is 5.11 Å². The zero-order chi connectivity index (χ0) is 12.0. The number of aromatic hydroxyl groups is 1. The van der Waals surface area contributed by atoms with Crippen LogP contribution >= 0.6 is 11.8 Å². The lowest BCUT2D eigenvalue weighted by Gasteiger charge is -2.02. The molecule has 1 N–H and O–H groups in total. The number of thioether (sulfide) groups is 1. The molecule has 16 heavy (non-hydrogen) atoms. The predicted octanol–water partition coefficient (Wildman–Crippen LogP) is 2.31. The monoisotopic (exact) mass is 260 g/mol. The van der Waals surface area contributed by atoms with E-state index in [0.717, 1.165) is 10.6 Å². The lowest BCUT2D eigenvalue weighted by molar-refractivity contribution is 0.474. The maximum absolute atomic E-state index is 11.2. The van der Waals surface area contributed by atoms with Crippen LogP contribution in [0.25, 0.3) is 0 Å². The van der Waals surface area contributed by atoms with Gasteiger partial charge >= 0.3 is 0 Å². The average Bonchev–Trinajstić information content (AvgIpc) is 2.25. The molecule has 0 saturated carbocycles. The zero-order valence-electron chi connectivity index (χ0n) is 9.22. The van der Waals surface area contributed by atoms with Gasteiger partial charge in [0, 0.05) is 10.6 Å². The van der Waals surface area contributed by atoms with Crippen molar-refractivity contribution < 1.29 is 13.5 Å². The van der Waals surface area contributed by atoms with Crippen LogP contribution in [0.1, 0.15) is 13.3 Å².